The minimum absolute atomic E-state index is 0.0432. The van der Waals surface area contributed by atoms with E-state index in [9.17, 15) is 9.59 Å². The Morgan fingerprint density at radius 1 is 1.08 bits per heavy atom. The molecule has 1 aliphatic rings. The predicted octanol–water partition coefficient (Wildman–Crippen LogP) is -1.06. The van der Waals surface area contributed by atoms with Crippen molar-refractivity contribution in [2.75, 3.05) is 26.2 Å². The van der Waals surface area contributed by atoms with Gasteiger partial charge in [-0.3, -0.25) is 14.3 Å². The number of aromatic nitrogens is 6. The molecule has 0 bridgehead atoms. The molecule has 1 fully saturated rings. The number of rotatable bonds is 4. The summed E-state index contributed by atoms with van der Waals surface area (Å²) in [6, 6.07) is 0. The molecule has 2 aromatic heterocycles. The highest BCUT2D eigenvalue weighted by Crippen LogP contribution is 2.14. The van der Waals surface area contributed by atoms with Crippen molar-refractivity contribution in [2.24, 2.45) is 7.05 Å². The van der Waals surface area contributed by atoms with Crippen molar-refractivity contribution in [1.29, 1.82) is 0 Å². The lowest BCUT2D eigenvalue weighted by Crippen LogP contribution is -2.51. The van der Waals surface area contributed by atoms with Crippen LogP contribution in [0, 0.1) is 13.8 Å². The third-order valence-electron chi connectivity index (χ3n) is 4.66. The summed E-state index contributed by atoms with van der Waals surface area (Å²) in [6.45, 7) is 6.14. The van der Waals surface area contributed by atoms with Gasteiger partial charge >= 0.3 is 0 Å². The van der Waals surface area contributed by atoms with E-state index in [-0.39, 0.29) is 18.4 Å². The van der Waals surface area contributed by atoms with Gasteiger partial charge < -0.3 is 9.80 Å². The quantitative estimate of drug-likeness (QED) is 0.699. The zero-order valence-corrected chi connectivity index (χ0v) is 14.7. The molecule has 0 radical (unpaired) electrons. The topological polar surface area (TPSA) is 102 Å². The fraction of sp³-hybridized carbons (Fsp3) is 0.600. The minimum atomic E-state index is -0.0432. The largest absolute Gasteiger partial charge is 0.339 e. The monoisotopic (exact) mass is 346 g/mol. The molecule has 2 aromatic rings. The van der Waals surface area contributed by atoms with Crippen LogP contribution < -0.4 is 0 Å². The van der Waals surface area contributed by atoms with Crippen LogP contribution in [0.2, 0.25) is 0 Å². The average Bonchev–Trinajstić information content (AvgIpc) is 3.19. The molecule has 0 unspecified atom stereocenters. The summed E-state index contributed by atoms with van der Waals surface area (Å²) < 4.78 is 3.20. The molecule has 1 aliphatic heterocycles. The van der Waals surface area contributed by atoms with Crippen molar-refractivity contribution in [3.63, 3.8) is 0 Å². The second kappa shape index (κ2) is 6.99. The maximum Gasteiger partial charge on any atom is 0.244 e. The summed E-state index contributed by atoms with van der Waals surface area (Å²) in [5.41, 5.74) is 2.90. The van der Waals surface area contributed by atoms with Gasteiger partial charge in [0.15, 0.2) is 0 Å². The van der Waals surface area contributed by atoms with Crippen molar-refractivity contribution in [1.82, 2.24) is 39.8 Å². The Balaban J connectivity index is 1.53. The van der Waals surface area contributed by atoms with Crippen molar-refractivity contribution in [3.8, 4) is 0 Å². The summed E-state index contributed by atoms with van der Waals surface area (Å²) in [6.07, 6.45) is 1.76. The fourth-order valence-electron chi connectivity index (χ4n) is 3.03. The first-order valence-electron chi connectivity index (χ1n) is 8.21. The molecule has 0 atom stereocenters. The maximum atomic E-state index is 12.6. The van der Waals surface area contributed by atoms with Crippen molar-refractivity contribution < 1.29 is 9.59 Å². The average molecular weight is 346 g/mol. The van der Waals surface area contributed by atoms with E-state index in [1.54, 1.807) is 9.58 Å². The summed E-state index contributed by atoms with van der Waals surface area (Å²) >= 11 is 0. The molecule has 0 spiro atoms. The van der Waals surface area contributed by atoms with Crippen LogP contribution in [0.25, 0.3) is 0 Å². The Labute approximate surface area is 145 Å². The van der Waals surface area contributed by atoms with Crippen molar-refractivity contribution in [3.05, 3.63) is 23.3 Å². The molecule has 2 amide bonds. The number of tetrazole rings is 1. The lowest BCUT2D eigenvalue weighted by atomic mass is 10.1. The first kappa shape index (κ1) is 17.1. The molecule has 25 heavy (non-hydrogen) atoms. The second-order valence-corrected chi connectivity index (χ2v) is 6.22. The van der Waals surface area contributed by atoms with Gasteiger partial charge in [0.25, 0.3) is 0 Å². The number of piperazine rings is 1. The lowest BCUT2D eigenvalue weighted by Gasteiger charge is -2.34. The van der Waals surface area contributed by atoms with Crippen LogP contribution in [0.4, 0.5) is 0 Å². The first-order chi connectivity index (χ1) is 12.0. The third-order valence-corrected chi connectivity index (χ3v) is 4.66. The number of carbonyl (C=O) groups excluding carboxylic acids is 2. The minimum Gasteiger partial charge on any atom is -0.339 e. The Bertz CT molecular complexity index is 759. The van der Waals surface area contributed by atoms with Crippen LogP contribution in [0.15, 0.2) is 6.33 Å². The highest BCUT2D eigenvalue weighted by atomic mass is 16.2. The van der Waals surface area contributed by atoms with E-state index in [2.05, 4.69) is 20.6 Å². The van der Waals surface area contributed by atoms with Gasteiger partial charge in [0, 0.05) is 44.5 Å². The summed E-state index contributed by atoms with van der Waals surface area (Å²) in [4.78, 5) is 28.3. The number of amides is 2. The normalized spacial score (nSPS) is 14.8. The van der Waals surface area contributed by atoms with Gasteiger partial charge in [-0.05, 0) is 24.3 Å². The molecule has 0 aliphatic carbocycles. The molecule has 0 aromatic carbocycles. The summed E-state index contributed by atoms with van der Waals surface area (Å²) in [5.74, 6) is 0.0325. The maximum absolute atomic E-state index is 12.6. The van der Waals surface area contributed by atoms with Gasteiger partial charge in [-0.1, -0.05) is 0 Å². The van der Waals surface area contributed by atoms with Crippen molar-refractivity contribution in [2.45, 2.75) is 26.8 Å². The zero-order valence-electron chi connectivity index (χ0n) is 14.7. The Morgan fingerprint density at radius 3 is 2.24 bits per heavy atom. The molecule has 3 rings (SSSR count). The van der Waals surface area contributed by atoms with E-state index in [1.165, 1.54) is 11.0 Å². The standard InChI is InChI=1S/C15H22N8O2/c1-11-13(12(2)20(3)17-11)8-14(24)21-4-6-22(7-5-21)15(25)9-23-10-16-18-19-23/h10H,4-9H2,1-3H3. The predicted molar refractivity (Wildman–Crippen MR) is 87.4 cm³/mol. The number of aryl methyl sites for hydroxylation is 2. The summed E-state index contributed by atoms with van der Waals surface area (Å²) in [7, 11) is 1.88. The van der Waals surface area contributed by atoms with Gasteiger partial charge in [0.2, 0.25) is 11.8 Å². The van der Waals surface area contributed by atoms with E-state index in [0.29, 0.717) is 32.6 Å². The lowest BCUT2D eigenvalue weighted by molar-refractivity contribution is -0.139. The molecule has 3 heterocycles. The molecule has 1 saturated heterocycles. The Morgan fingerprint density at radius 2 is 1.72 bits per heavy atom. The Hall–Kier alpha value is -2.78. The number of carbonyl (C=O) groups is 2. The van der Waals surface area contributed by atoms with E-state index < -0.39 is 0 Å². The van der Waals surface area contributed by atoms with Crippen LogP contribution in [0.3, 0.4) is 0 Å². The smallest absolute Gasteiger partial charge is 0.244 e. The SMILES string of the molecule is Cc1nn(C)c(C)c1CC(=O)N1CCN(C(=O)Cn2cnnn2)CC1. The van der Waals surface area contributed by atoms with Crippen LogP contribution in [0.1, 0.15) is 17.0 Å². The fourth-order valence-corrected chi connectivity index (χ4v) is 3.03. The van der Waals surface area contributed by atoms with Crippen LogP contribution in [-0.2, 0) is 29.6 Å². The molecule has 10 nitrogen and oxygen atoms in total. The zero-order chi connectivity index (χ0) is 18.0. The van der Waals surface area contributed by atoms with E-state index in [1.807, 2.05) is 25.8 Å². The Kier molecular flexibility index (Phi) is 4.77. The van der Waals surface area contributed by atoms with Crippen molar-refractivity contribution >= 4 is 11.8 Å². The van der Waals surface area contributed by atoms with Gasteiger partial charge in [0.05, 0.1) is 12.1 Å². The van der Waals surface area contributed by atoms with E-state index in [4.69, 9.17) is 0 Å². The molecular weight excluding hydrogens is 324 g/mol. The number of hydrogen-bond acceptors (Lipinski definition) is 6. The number of nitrogens with zero attached hydrogens (tertiary/aromatic N) is 8. The van der Waals surface area contributed by atoms with E-state index in [0.717, 1.165) is 17.0 Å². The third kappa shape index (κ3) is 3.67. The highest BCUT2D eigenvalue weighted by Gasteiger charge is 2.25. The molecule has 0 saturated carbocycles. The van der Waals surface area contributed by atoms with Crippen LogP contribution in [-0.4, -0.2) is 77.8 Å². The first-order valence-corrected chi connectivity index (χ1v) is 8.21. The van der Waals surface area contributed by atoms with Gasteiger partial charge in [-0.25, -0.2) is 4.68 Å². The molecule has 134 valence electrons. The molecule has 0 N–H and O–H groups in total. The van der Waals surface area contributed by atoms with Gasteiger partial charge in [0.1, 0.15) is 12.9 Å². The summed E-state index contributed by atoms with van der Waals surface area (Å²) in [5, 5.41) is 15.1. The van der Waals surface area contributed by atoms with E-state index >= 15 is 0 Å². The molecule has 10 heteroatoms. The second-order valence-electron chi connectivity index (χ2n) is 6.22. The van der Waals surface area contributed by atoms with Gasteiger partial charge in [-0.2, -0.15) is 5.10 Å². The molecular formula is C15H22N8O2. The number of hydrogen-bond donors (Lipinski definition) is 0. The highest BCUT2D eigenvalue weighted by molar-refractivity contribution is 5.80. The van der Waals surface area contributed by atoms with Crippen LogP contribution >= 0.6 is 0 Å². The van der Waals surface area contributed by atoms with Gasteiger partial charge in [-0.15, -0.1) is 5.10 Å². The van der Waals surface area contributed by atoms with Crippen LogP contribution in [0.5, 0.6) is 0 Å².